The average Bonchev–Trinajstić information content (AvgIpc) is 2.36. The Morgan fingerprint density at radius 3 is 2.52 bits per heavy atom. The van der Waals surface area contributed by atoms with Crippen molar-refractivity contribution in [3.8, 4) is 0 Å². The first-order valence-electron chi connectivity index (χ1n) is 6.72. The van der Waals surface area contributed by atoms with Gasteiger partial charge in [-0.25, -0.2) is 4.79 Å². The van der Waals surface area contributed by atoms with Gasteiger partial charge >= 0.3 is 6.09 Å². The van der Waals surface area contributed by atoms with Gasteiger partial charge in [-0.1, -0.05) is 19.1 Å². The van der Waals surface area contributed by atoms with Crippen LogP contribution in [0, 0.1) is 10.1 Å². The monoisotopic (exact) mass is 295 g/mol. The fourth-order valence-corrected chi connectivity index (χ4v) is 1.63. The fraction of sp³-hybridized carbons (Fsp3) is 0.500. The second-order valence-corrected chi connectivity index (χ2v) is 5.53. The van der Waals surface area contributed by atoms with Crippen LogP contribution in [0.2, 0.25) is 0 Å². The van der Waals surface area contributed by atoms with Crippen molar-refractivity contribution in [2.45, 2.75) is 45.9 Å². The number of anilines is 1. The number of amides is 1. The van der Waals surface area contributed by atoms with E-state index in [1.165, 1.54) is 6.07 Å². The predicted octanol–water partition coefficient (Wildman–Crippen LogP) is 3.27. The Bertz CT molecular complexity index is 511. The topological polar surface area (TPSA) is 93.5 Å². The number of nitrogens with zero attached hydrogens (tertiary/aromatic N) is 1. The molecule has 0 saturated heterocycles. The molecule has 0 fully saturated rings. The predicted molar refractivity (Wildman–Crippen MR) is 80.2 cm³/mol. The molecule has 0 heterocycles. The first-order chi connectivity index (χ1) is 9.73. The van der Waals surface area contributed by atoms with E-state index in [2.05, 4.69) is 10.6 Å². The van der Waals surface area contributed by atoms with Crippen molar-refractivity contribution in [3.05, 3.63) is 34.4 Å². The maximum absolute atomic E-state index is 11.7. The standard InChI is InChI=1S/C14H21N3O4/c1-5-12(16-13(18)21-14(2,3)4)15-10-8-6-7-9-11(10)17(19)20/h6-9,12,15H,5H2,1-4H3,(H,16,18). The Labute approximate surface area is 123 Å². The summed E-state index contributed by atoms with van der Waals surface area (Å²) in [5, 5.41) is 16.5. The Morgan fingerprint density at radius 2 is 2.00 bits per heavy atom. The largest absolute Gasteiger partial charge is 0.444 e. The van der Waals surface area contributed by atoms with Crippen molar-refractivity contribution in [1.29, 1.82) is 0 Å². The van der Waals surface area contributed by atoms with Crippen LogP contribution in [-0.2, 0) is 4.74 Å². The normalized spacial score (nSPS) is 12.4. The van der Waals surface area contributed by atoms with E-state index in [1.54, 1.807) is 39.0 Å². The minimum absolute atomic E-state index is 0.0399. The van der Waals surface area contributed by atoms with Crippen LogP contribution in [0.5, 0.6) is 0 Å². The summed E-state index contributed by atoms with van der Waals surface area (Å²) in [6, 6.07) is 6.28. The number of rotatable bonds is 5. The van der Waals surface area contributed by atoms with E-state index in [-0.39, 0.29) is 5.69 Å². The van der Waals surface area contributed by atoms with Crippen LogP contribution in [0.15, 0.2) is 24.3 Å². The van der Waals surface area contributed by atoms with Crippen LogP contribution in [0.1, 0.15) is 34.1 Å². The minimum atomic E-state index is -0.596. The molecule has 1 unspecified atom stereocenters. The van der Waals surface area contributed by atoms with E-state index in [0.717, 1.165) is 0 Å². The molecule has 0 aliphatic rings. The summed E-state index contributed by atoms with van der Waals surface area (Å²) in [5.74, 6) is 0. The number of hydrogen-bond acceptors (Lipinski definition) is 5. The van der Waals surface area contributed by atoms with E-state index in [4.69, 9.17) is 4.74 Å². The molecule has 1 aromatic rings. The number of hydrogen-bond donors (Lipinski definition) is 2. The zero-order valence-corrected chi connectivity index (χ0v) is 12.7. The average molecular weight is 295 g/mol. The molecule has 1 rings (SSSR count). The molecular weight excluding hydrogens is 274 g/mol. The number of nitro benzene ring substituents is 1. The lowest BCUT2D eigenvalue weighted by Gasteiger charge is -2.24. The molecule has 7 heteroatoms. The van der Waals surface area contributed by atoms with Gasteiger partial charge in [-0.3, -0.25) is 10.1 Å². The Balaban J connectivity index is 2.75. The van der Waals surface area contributed by atoms with Crippen LogP contribution in [0.25, 0.3) is 0 Å². The Hall–Kier alpha value is -2.31. The SMILES string of the molecule is CCC(NC(=O)OC(C)(C)C)Nc1ccccc1[N+](=O)[O-]. The van der Waals surface area contributed by atoms with Gasteiger partial charge in [0.05, 0.1) is 4.92 Å². The van der Waals surface area contributed by atoms with Gasteiger partial charge in [0.2, 0.25) is 0 Å². The van der Waals surface area contributed by atoms with Crippen LogP contribution in [0.4, 0.5) is 16.2 Å². The highest BCUT2D eigenvalue weighted by Crippen LogP contribution is 2.24. The lowest BCUT2D eigenvalue weighted by molar-refractivity contribution is -0.384. The first-order valence-corrected chi connectivity index (χ1v) is 6.72. The molecule has 1 atom stereocenters. The molecule has 7 nitrogen and oxygen atoms in total. The summed E-state index contributed by atoms with van der Waals surface area (Å²) < 4.78 is 5.16. The molecule has 0 bridgehead atoms. The summed E-state index contributed by atoms with van der Waals surface area (Å²) in [5.41, 5.74) is -0.284. The van der Waals surface area contributed by atoms with Gasteiger partial charge in [0.25, 0.3) is 5.69 Å². The molecule has 0 radical (unpaired) electrons. The number of nitro groups is 1. The highest BCUT2D eigenvalue weighted by Gasteiger charge is 2.20. The molecule has 0 saturated carbocycles. The van der Waals surface area contributed by atoms with E-state index in [0.29, 0.717) is 12.1 Å². The van der Waals surface area contributed by atoms with Crippen LogP contribution < -0.4 is 10.6 Å². The van der Waals surface area contributed by atoms with Crippen LogP contribution in [0.3, 0.4) is 0 Å². The molecule has 2 N–H and O–H groups in total. The zero-order chi connectivity index (χ0) is 16.0. The van der Waals surface area contributed by atoms with Gasteiger partial charge < -0.3 is 15.4 Å². The van der Waals surface area contributed by atoms with Gasteiger partial charge in [0.15, 0.2) is 0 Å². The lowest BCUT2D eigenvalue weighted by atomic mass is 10.2. The molecule has 0 spiro atoms. The number of alkyl carbamates (subject to hydrolysis) is 1. The summed E-state index contributed by atoms with van der Waals surface area (Å²) in [6.07, 6.45) is -0.480. The molecular formula is C14H21N3O4. The summed E-state index contributed by atoms with van der Waals surface area (Å²) in [4.78, 5) is 22.2. The summed E-state index contributed by atoms with van der Waals surface area (Å²) in [7, 11) is 0. The van der Waals surface area contributed by atoms with Crippen molar-refractivity contribution in [1.82, 2.24) is 5.32 Å². The summed E-state index contributed by atoms with van der Waals surface area (Å²) in [6.45, 7) is 7.15. The third-order valence-electron chi connectivity index (χ3n) is 2.53. The third kappa shape index (κ3) is 5.68. The minimum Gasteiger partial charge on any atom is -0.444 e. The van der Waals surface area contributed by atoms with Crippen molar-refractivity contribution in [2.75, 3.05) is 5.32 Å². The second kappa shape index (κ2) is 6.92. The number of para-hydroxylation sites is 2. The number of benzene rings is 1. The van der Waals surface area contributed by atoms with Crippen LogP contribution >= 0.6 is 0 Å². The summed E-state index contributed by atoms with van der Waals surface area (Å²) >= 11 is 0. The Morgan fingerprint density at radius 1 is 1.38 bits per heavy atom. The maximum Gasteiger partial charge on any atom is 0.409 e. The highest BCUT2D eigenvalue weighted by molar-refractivity contribution is 5.69. The van der Waals surface area contributed by atoms with E-state index in [1.807, 2.05) is 6.92 Å². The molecule has 1 amide bonds. The molecule has 0 aliphatic carbocycles. The highest BCUT2D eigenvalue weighted by atomic mass is 16.6. The van der Waals surface area contributed by atoms with Gasteiger partial charge in [0, 0.05) is 6.07 Å². The number of nitrogens with one attached hydrogen (secondary N) is 2. The zero-order valence-electron chi connectivity index (χ0n) is 12.7. The lowest BCUT2D eigenvalue weighted by Crippen LogP contribution is -2.43. The van der Waals surface area contributed by atoms with E-state index < -0.39 is 22.8 Å². The van der Waals surface area contributed by atoms with Gasteiger partial charge in [-0.2, -0.15) is 0 Å². The maximum atomic E-state index is 11.7. The van der Waals surface area contributed by atoms with Gasteiger partial charge in [-0.05, 0) is 33.3 Å². The number of ether oxygens (including phenoxy) is 1. The molecule has 0 aromatic heterocycles. The van der Waals surface area contributed by atoms with Crippen molar-refractivity contribution >= 4 is 17.5 Å². The van der Waals surface area contributed by atoms with Crippen molar-refractivity contribution in [2.24, 2.45) is 0 Å². The first kappa shape index (κ1) is 16.7. The van der Waals surface area contributed by atoms with E-state index in [9.17, 15) is 14.9 Å². The molecule has 1 aromatic carbocycles. The third-order valence-corrected chi connectivity index (χ3v) is 2.53. The molecule has 0 aliphatic heterocycles. The quantitative estimate of drug-likeness (QED) is 0.494. The smallest absolute Gasteiger partial charge is 0.409 e. The van der Waals surface area contributed by atoms with Crippen LogP contribution in [-0.4, -0.2) is 22.8 Å². The van der Waals surface area contributed by atoms with Gasteiger partial charge in [0.1, 0.15) is 17.5 Å². The van der Waals surface area contributed by atoms with Crippen molar-refractivity contribution < 1.29 is 14.5 Å². The number of carbonyl (C=O) groups excluding carboxylic acids is 1. The van der Waals surface area contributed by atoms with Crippen molar-refractivity contribution in [3.63, 3.8) is 0 Å². The van der Waals surface area contributed by atoms with Gasteiger partial charge in [-0.15, -0.1) is 0 Å². The fourth-order valence-electron chi connectivity index (χ4n) is 1.63. The molecule has 116 valence electrons. The number of carbonyl (C=O) groups is 1. The molecule has 21 heavy (non-hydrogen) atoms. The Kier molecular flexibility index (Phi) is 5.52. The second-order valence-electron chi connectivity index (χ2n) is 5.53. The van der Waals surface area contributed by atoms with E-state index >= 15 is 0 Å².